The van der Waals surface area contributed by atoms with Crippen molar-refractivity contribution in [1.29, 1.82) is 5.26 Å². The molecule has 0 amide bonds. The molecule has 1 aromatic heterocycles. The predicted octanol–water partition coefficient (Wildman–Crippen LogP) is 1.58. The zero-order chi connectivity index (χ0) is 13.9. The molecule has 20 heavy (non-hydrogen) atoms. The molecule has 0 bridgehead atoms. The van der Waals surface area contributed by atoms with Crippen molar-refractivity contribution in [3.63, 3.8) is 0 Å². The number of anilines is 1. The number of nitrogens with zero attached hydrogens (tertiary/aromatic N) is 5. The van der Waals surface area contributed by atoms with Crippen molar-refractivity contribution in [3.8, 4) is 6.07 Å². The Morgan fingerprint density at radius 2 is 1.80 bits per heavy atom. The first-order chi connectivity index (χ1) is 9.79. The van der Waals surface area contributed by atoms with E-state index in [2.05, 4.69) is 38.2 Å². The van der Waals surface area contributed by atoms with Crippen LogP contribution in [0, 0.1) is 18.3 Å². The van der Waals surface area contributed by atoms with Crippen LogP contribution in [0.1, 0.15) is 5.69 Å². The first kappa shape index (κ1) is 12.8. The van der Waals surface area contributed by atoms with Crippen molar-refractivity contribution in [3.05, 3.63) is 30.0 Å². The summed E-state index contributed by atoms with van der Waals surface area (Å²) in [5.41, 5.74) is 0.965. The summed E-state index contributed by atoms with van der Waals surface area (Å²) in [5, 5.41) is 19.7. The minimum atomic E-state index is 0.508. The molecule has 0 radical (unpaired) electrons. The van der Waals surface area contributed by atoms with Gasteiger partial charge in [0.15, 0.2) is 5.82 Å². The van der Waals surface area contributed by atoms with Crippen LogP contribution in [0.15, 0.2) is 24.3 Å². The molecule has 0 N–H and O–H groups in total. The Morgan fingerprint density at radius 1 is 1.10 bits per heavy atom. The fourth-order valence-electron chi connectivity index (χ4n) is 2.68. The van der Waals surface area contributed by atoms with Gasteiger partial charge in [-0.05, 0) is 6.92 Å². The van der Waals surface area contributed by atoms with E-state index in [1.54, 1.807) is 0 Å². The monoisotopic (exact) mass is 267 g/mol. The number of nitriles is 1. The molecule has 1 aliphatic heterocycles. The third kappa shape index (κ3) is 2.30. The molecule has 0 saturated carbocycles. The van der Waals surface area contributed by atoms with Crippen LogP contribution in [0.4, 0.5) is 5.82 Å². The molecular formula is C15H17N5. The maximum absolute atomic E-state index is 8.75. The molecule has 1 saturated heterocycles. The lowest BCUT2D eigenvalue weighted by Crippen LogP contribution is -2.46. The standard InChI is InChI=1S/C15H17N5/c1-12-13-4-2-3-5-14(13)15(18-17-12)20-10-8-19(7-6-16)9-11-20/h2-5H,7-11H2,1H3. The molecule has 0 atom stereocenters. The summed E-state index contributed by atoms with van der Waals surface area (Å²) in [6.45, 7) is 6.08. The average molecular weight is 267 g/mol. The van der Waals surface area contributed by atoms with E-state index in [1.165, 1.54) is 0 Å². The summed E-state index contributed by atoms with van der Waals surface area (Å²) >= 11 is 0. The molecule has 0 unspecified atom stereocenters. The SMILES string of the molecule is Cc1nnc(N2CCN(CC#N)CC2)c2ccccc12. The van der Waals surface area contributed by atoms with Gasteiger partial charge < -0.3 is 4.90 Å². The number of piperazine rings is 1. The van der Waals surface area contributed by atoms with Crippen molar-refractivity contribution in [2.75, 3.05) is 37.6 Å². The highest BCUT2D eigenvalue weighted by Crippen LogP contribution is 2.26. The van der Waals surface area contributed by atoms with Crippen molar-refractivity contribution in [1.82, 2.24) is 15.1 Å². The van der Waals surface area contributed by atoms with Crippen LogP contribution >= 0.6 is 0 Å². The third-order valence-corrected chi connectivity index (χ3v) is 3.82. The van der Waals surface area contributed by atoms with Gasteiger partial charge in [0.05, 0.1) is 18.3 Å². The molecule has 5 heteroatoms. The second-order valence-corrected chi connectivity index (χ2v) is 5.08. The van der Waals surface area contributed by atoms with E-state index in [1.807, 2.05) is 19.1 Å². The minimum Gasteiger partial charge on any atom is -0.352 e. The van der Waals surface area contributed by atoms with Gasteiger partial charge >= 0.3 is 0 Å². The maximum Gasteiger partial charge on any atom is 0.159 e. The van der Waals surface area contributed by atoms with Crippen LogP contribution in [0.3, 0.4) is 0 Å². The van der Waals surface area contributed by atoms with Crippen LogP contribution in [-0.4, -0.2) is 47.8 Å². The molecule has 0 spiro atoms. The first-order valence-electron chi connectivity index (χ1n) is 6.86. The van der Waals surface area contributed by atoms with E-state index < -0.39 is 0 Å². The highest BCUT2D eigenvalue weighted by atomic mass is 15.3. The summed E-state index contributed by atoms with van der Waals surface area (Å²) in [7, 11) is 0. The van der Waals surface area contributed by atoms with Gasteiger partial charge in [-0.25, -0.2) is 0 Å². The van der Waals surface area contributed by atoms with Crippen LogP contribution < -0.4 is 4.90 Å². The van der Waals surface area contributed by atoms with E-state index in [9.17, 15) is 0 Å². The van der Waals surface area contributed by atoms with Crippen LogP contribution in [0.2, 0.25) is 0 Å². The molecular weight excluding hydrogens is 250 g/mol. The Morgan fingerprint density at radius 3 is 2.50 bits per heavy atom. The minimum absolute atomic E-state index is 0.508. The van der Waals surface area contributed by atoms with Gasteiger partial charge in [0, 0.05) is 37.0 Å². The first-order valence-corrected chi connectivity index (χ1v) is 6.86. The average Bonchev–Trinajstić information content (AvgIpc) is 2.49. The molecule has 5 nitrogen and oxygen atoms in total. The lowest BCUT2D eigenvalue weighted by Gasteiger charge is -2.34. The summed E-state index contributed by atoms with van der Waals surface area (Å²) < 4.78 is 0. The van der Waals surface area contributed by atoms with E-state index >= 15 is 0 Å². The molecule has 1 aromatic carbocycles. The van der Waals surface area contributed by atoms with Gasteiger partial charge in [0.25, 0.3) is 0 Å². The van der Waals surface area contributed by atoms with E-state index in [0.29, 0.717) is 6.54 Å². The molecule has 102 valence electrons. The number of fused-ring (bicyclic) bond motifs is 1. The van der Waals surface area contributed by atoms with Crippen molar-refractivity contribution in [2.24, 2.45) is 0 Å². The lowest BCUT2D eigenvalue weighted by molar-refractivity contribution is 0.286. The zero-order valence-electron chi connectivity index (χ0n) is 11.6. The summed E-state index contributed by atoms with van der Waals surface area (Å²) in [4.78, 5) is 4.43. The number of aromatic nitrogens is 2. The van der Waals surface area contributed by atoms with Crippen molar-refractivity contribution in [2.45, 2.75) is 6.92 Å². The largest absolute Gasteiger partial charge is 0.352 e. The summed E-state index contributed by atoms with van der Waals surface area (Å²) in [6, 6.07) is 10.5. The van der Waals surface area contributed by atoms with Gasteiger partial charge in [0.2, 0.25) is 0 Å². The van der Waals surface area contributed by atoms with Gasteiger partial charge in [-0.3, -0.25) is 4.90 Å². The van der Waals surface area contributed by atoms with Gasteiger partial charge in [0.1, 0.15) is 0 Å². The fraction of sp³-hybridized carbons (Fsp3) is 0.400. The number of rotatable bonds is 2. The Kier molecular flexibility index (Phi) is 3.48. The highest BCUT2D eigenvalue weighted by molar-refractivity contribution is 5.93. The number of hydrogen-bond acceptors (Lipinski definition) is 5. The van der Waals surface area contributed by atoms with Crippen LogP contribution in [0.5, 0.6) is 0 Å². The summed E-state index contributed by atoms with van der Waals surface area (Å²) in [5.74, 6) is 0.961. The molecule has 0 aliphatic carbocycles. The molecule has 1 aliphatic rings. The second kappa shape index (κ2) is 5.43. The number of hydrogen-bond donors (Lipinski definition) is 0. The zero-order valence-corrected chi connectivity index (χ0v) is 11.6. The quantitative estimate of drug-likeness (QED) is 0.773. The normalized spacial score (nSPS) is 16.3. The topological polar surface area (TPSA) is 56.1 Å². The Balaban J connectivity index is 1.89. The molecule has 3 rings (SSSR count). The van der Waals surface area contributed by atoms with E-state index in [-0.39, 0.29) is 0 Å². The molecule has 1 fully saturated rings. The predicted molar refractivity (Wildman–Crippen MR) is 78.5 cm³/mol. The smallest absolute Gasteiger partial charge is 0.159 e. The number of aryl methyl sites for hydroxylation is 1. The Bertz CT molecular complexity index is 653. The van der Waals surface area contributed by atoms with Gasteiger partial charge in [-0.2, -0.15) is 10.4 Å². The molecule has 2 aromatic rings. The van der Waals surface area contributed by atoms with Gasteiger partial charge in [-0.15, -0.1) is 5.10 Å². The summed E-state index contributed by atoms with van der Waals surface area (Å²) in [6.07, 6.45) is 0. The third-order valence-electron chi connectivity index (χ3n) is 3.82. The number of benzene rings is 1. The lowest BCUT2D eigenvalue weighted by atomic mass is 10.1. The van der Waals surface area contributed by atoms with Gasteiger partial charge in [-0.1, -0.05) is 24.3 Å². The van der Waals surface area contributed by atoms with Crippen LogP contribution in [-0.2, 0) is 0 Å². The Labute approximate surface area is 118 Å². The van der Waals surface area contributed by atoms with E-state index in [0.717, 1.165) is 48.5 Å². The van der Waals surface area contributed by atoms with Crippen LogP contribution in [0.25, 0.3) is 10.8 Å². The maximum atomic E-state index is 8.75. The Hall–Kier alpha value is -2.19. The molecule has 2 heterocycles. The van der Waals surface area contributed by atoms with Crippen molar-refractivity contribution >= 4 is 16.6 Å². The second-order valence-electron chi connectivity index (χ2n) is 5.08. The van der Waals surface area contributed by atoms with Crippen molar-refractivity contribution < 1.29 is 0 Å². The fourth-order valence-corrected chi connectivity index (χ4v) is 2.68. The van der Waals surface area contributed by atoms with E-state index in [4.69, 9.17) is 5.26 Å². The highest BCUT2D eigenvalue weighted by Gasteiger charge is 2.20.